The van der Waals surface area contributed by atoms with Gasteiger partial charge in [-0.1, -0.05) is 0 Å². The standard InChI is InChI=1S/C8H10N2O2/c11-8(10-6-2-5-9-10)12-7-3-1-4-7/h2,5-7H,1,3-4H2. The van der Waals surface area contributed by atoms with Crippen LogP contribution in [0.15, 0.2) is 18.5 Å². The Bertz CT molecular complexity index is 265. The zero-order valence-corrected chi connectivity index (χ0v) is 6.64. The van der Waals surface area contributed by atoms with Gasteiger partial charge in [-0.2, -0.15) is 9.78 Å². The van der Waals surface area contributed by atoms with Crippen molar-refractivity contribution in [1.29, 1.82) is 0 Å². The van der Waals surface area contributed by atoms with E-state index in [1.165, 1.54) is 4.68 Å². The predicted molar refractivity (Wildman–Crippen MR) is 41.7 cm³/mol. The summed E-state index contributed by atoms with van der Waals surface area (Å²) < 4.78 is 6.30. The highest BCUT2D eigenvalue weighted by Gasteiger charge is 2.22. The van der Waals surface area contributed by atoms with Gasteiger partial charge in [-0.15, -0.1) is 0 Å². The Hall–Kier alpha value is -1.32. The second-order valence-corrected chi connectivity index (χ2v) is 2.89. The van der Waals surface area contributed by atoms with Crippen LogP contribution >= 0.6 is 0 Å². The summed E-state index contributed by atoms with van der Waals surface area (Å²) in [7, 11) is 0. The molecule has 1 saturated carbocycles. The van der Waals surface area contributed by atoms with E-state index in [0.717, 1.165) is 19.3 Å². The molecule has 64 valence electrons. The second-order valence-electron chi connectivity index (χ2n) is 2.89. The zero-order valence-electron chi connectivity index (χ0n) is 6.64. The van der Waals surface area contributed by atoms with Gasteiger partial charge in [0, 0.05) is 12.4 Å². The molecule has 1 fully saturated rings. The summed E-state index contributed by atoms with van der Waals surface area (Å²) in [4.78, 5) is 11.2. The molecular weight excluding hydrogens is 156 g/mol. The van der Waals surface area contributed by atoms with E-state index in [4.69, 9.17) is 4.74 Å². The average molecular weight is 166 g/mol. The molecule has 0 bridgehead atoms. The number of ether oxygens (including phenoxy) is 1. The minimum Gasteiger partial charge on any atom is -0.445 e. The molecule has 1 aromatic heterocycles. The van der Waals surface area contributed by atoms with Gasteiger partial charge in [-0.3, -0.25) is 0 Å². The highest BCUT2D eigenvalue weighted by Crippen LogP contribution is 2.22. The molecule has 1 heterocycles. The number of hydrogen-bond donors (Lipinski definition) is 0. The van der Waals surface area contributed by atoms with Crippen molar-refractivity contribution in [2.75, 3.05) is 0 Å². The van der Waals surface area contributed by atoms with Crippen LogP contribution in [0.25, 0.3) is 0 Å². The summed E-state index contributed by atoms with van der Waals surface area (Å²) in [5.41, 5.74) is 0. The van der Waals surface area contributed by atoms with Crippen LogP contribution in [-0.4, -0.2) is 22.0 Å². The third-order valence-corrected chi connectivity index (χ3v) is 2.01. The molecule has 1 aromatic rings. The molecule has 0 unspecified atom stereocenters. The lowest BCUT2D eigenvalue weighted by molar-refractivity contribution is 0.0514. The highest BCUT2D eigenvalue weighted by atomic mass is 16.6. The molecule has 2 rings (SSSR count). The molecule has 0 saturated heterocycles. The maximum atomic E-state index is 11.2. The largest absolute Gasteiger partial charge is 0.445 e. The van der Waals surface area contributed by atoms with Gasteiger partial charge in [-0.05, 0) is 25.3 Å². The van der Waals surface area contributed by atoms with Crippen LogP contribution in [0.3, 0.4) is 0 Å². The van der Waals surface area contributed by atoms with Crippen LogP contribution < -0.4 is 0 Å². The first-order valence-corrected chi connectivity index (χ1v) is 4.07. The highest BCUT2D eigenvalue weighted by molar-refractivity contribution is 5.69. The quantitative estimate of drug-likeness (QED) is 0.633. The smallest absolute Gasteiger partial charge is 0.434 e. The number of nitrogens with zero attached hydrogens (tertiary/aromatic N) is 2. The number of hydrogen-bond acceptors (Lipinski definition) is 3. The molecule has 0 radical (unpaired) electrons. The first-order chi connectivity index (χ1) is 5.86. The Morgan fingerprint density at radius 3 is 2.92 bits per heavy atom. The van der Waals surface area contributed by atoms with Crippen molar-refractivity contribution in [2.24, 2.45) is 0 Å². The number of aromatic nitrogens is 2. The molecule has 0 spiro atoms. The van der Waals surface area contributed by atoms with Gasteiger partial charge in [0.05, 0.1) is 0 Å². The van der Waals surface area contributed by atoms with E-state index in [1.807, 2.05) is 0 Å². The molecule has 0 aromatic carbocycles. The van der Waals surface area contributed by atoms with Gasteiger partial charge in [-0.25, -0.2) is 4.79 Å². The molecular formula is C8H10N2O2. The van der Waals surface area contributed by atoms with Crippen molar-refractivity contribution >= 4 is 6.09 Å². The van der Waals surface area contributed by atoms with Gasteiger partial charge < -0.3 is 4.74 Å². The van der Waals surface area contributed by atoms with Crippen molar-refractivity contribution in [3.05, 3.63) is 18.5 Å². The van der Waals surface area contributed by atoms with Gasteiger partial charge in [0.15, 0.2) is 0 Å². The van der Waals surface area contributed by atoms with Crippen LogP contribution in [0.4, 0.5) is 4.79 Å². The number of carbonyl (C=O) groups excluding carboxylic acids is 1. The minimum absolute atomic E-state index is 0.127. The van der Waals surface area contributed by atoms with E-state index >= 15 is 0 Å². The number of rotatable bonds is 1. The molecule has 4 nitrogen and oxygen atoms in total. The summed E-state index contributed by atoms with van der Waals surface area (Å²) in [6.45, 7) is 0. The Balaban J connectivity index is 1.92. The molecule has 0 atom stereocenters. The third-order valence-electron chi connectivity index (χ3n) is 2.01. The van der Waals surface area contributed by atoms with Crippen LogP contribution in [-0.2, 0) is 4.74 Å². The summed E-state index contributed by atoms with van der Waals surface area (Å²) in [6.07, 6.45) is 6.05. The van der Waals surface area contributed by atoms with Crippen LogP contribution in [0.1, 0.15) is 19.3 Å². The van der Waals surface area contributed by atoms with E-state index < -0.39 is 0 Å². The number of carbonyl (C=O) groups is 1. The lowest BCUT2D eigenvalue weighted by Gasteiger charge is -2.24. The van der Waals surface area contributed by atoms with Crippen molar-refractivity contribution in [1.82, 2.24) is 9.78 Å². The summed E-state index contributed by atoms with van der Waals surface area (Å²) in [6, 6.07) is 1.70. The molecule has 0 amide bonds. The fraction of sp³-hybridized carbons (Fsp3) is 0.500. The Labute approximate surface area is 70.1 Å². The zero-order chi connectivity index (χ0) is 8.39. The summed E-state index contributed by atoms with van der Waals surface area (Å²) >= 11 is 0. The molecule has 1 aliphatic rings. The monoisotopic (exact) mass is 166 g/mol. The lowest BCUT2D eigenvalue weighted by Crippen LogP contribution is -2.27. The molecule has 0 aliphatic heterocycles. The summed E-state index contributed by atoms with van der Waals surface area (Å²) in [5.74, 6) is 0. The first kappa shape index (κ1) is 7.34. The van der Waals surface area contributed by atoms with Crippen molar-refractivity contribution in [3.8, 4) is 0 Å². The Morgan fingerprint density at radius 1 is 1.58 bits per heavy atom. The molecule has 12 heavy (non-hydrogen) atoms. The van der Waals surface area contributed by atoms with Crippen molar-refractivity contribution in [2.45, 2.75) is 25.4 Å². The third kappa shape index (κ3) is 1.32. The molecule has 4 heteroatoms. The van der Waals surface area contributed by atoms with E-state index in [2.05, 4.69) is 5.10 Å². The first-order valence-electron chi connectivity index (χ1n) is 4.07. The maximum Gasteiger partial charge on any atom is 0.434 e. The topological polar surface area (TPSA) is 44.1 Å². The van der Waals surface area contributed by atoms with Crippen LogP contribution in [0, 0.1) is 0 Å². The van der Waals surface area contributed by atoms with Gasteiger partial charge >= 0.3 is 6.09 Å². The van der Waals surface area contributed by atoms with E-state index in [0.29, 0.717) is 0 Å². The van der Waals surface area contributed by atoms with Gasteiger partial charge in [0.2, 0.25) is 0 Å². The van der Waals surface area contributed by atoms with Crippen LogP contribution in [0.5, 0.6) is 0 Å². The Morgan fingerprint density at radius 2 is 2.42 bits per heavy atom. The maximum absolute atomic E-state index is 11.2. The average Bonchev–Trinajstić information content (AvgIpc) is 2.47. The van der Waals surface area contributed by atoms with E-state index in [1.54, 1.807) is 18.5 Å². The van der Waals surface area contributed by atoms with Crippen molar-refractivity contribution < 1.29 is 9.53 Å². The van der Waals surface area contributed by atoms with Crippen LogP contribution in [0.2, 0.25) is 0 Å². The van der Waals surface area contributed by atoms with Gasteiger partial charge in [0.1, 0.15) is 6.10 Å². The van der Waals surface area contributed by atoms with Gasteiger partial charge in [0.25, 0.3) is 0 Å². The predicted octanol–water partition coefficient (Wildman–Crippen LogP) is 1.42. The lowest BCUT2D eigenvalue weighted by atomic mass is 9.96. The van der Waals surface area contributed by atoms with E-state index in [-0.39, 0.29) is 12.2 Å². The van der Waals surface area contributed by atoms with E-state index in [9.17, 15) is 4.79 Å². The Kier molecular flexibility index (Phi) is 1.81. The minimum atomic E-state index is -0.371. The fourth-order valence-corrected chi connectivity index (χ4v) is 1.06. The molecule has 1 aliphatic carbocycles. The SMILES string of the molecule is O=C(OC1CCC1)n1cccn1. The fourth-order valence-electron chi connectivity index (χ4n) is 1.06. The van der Waals surface area contributed by atoms with Crippen molar-refractivity contribution in [3.63, 3.8) is 0 Å². The molecule has 0 N–H and O–H groups in total. The normalized spacial score (nSPS) is 17.0. The second kappa shape index (κ2) is 2.97. The summed E-state index contributed by atoms with van der Waals surface area (Å²) in [5, 5.41) is 3.77.